The standard InChI is InChI=1S/C27H26ClFN6O2/c1-37-24-10-8-20(29)25(32-24)27(36)35-18-6-7-19(35)15-33(13-11-18)16-22-26(21-9-5-17(28)14-30-21)31-23-4-2-3-12-34(22)23/h2-5,8-10,12,14,18-19H,6-7,11,13,15-16H2,1H3. The van der Waals surface area contributed by atoms with E-state index in [1.54, 1.807) is 6.20 Å². The van der Waals surface area contributed by atoms with Gasteiger partial charge in [-0.05, 0) is 49.6 Å². The molecule has 0 aromatic carbocycles. The lowest BCUT2D eigenvalue weighted by Gasteiger charge is -2.29. The Morgan fingerprint density at radius 2 is 1.97 bits per heavy atom. The van der Waals surface area contributed by atoms with Crippen molar-refractivity contribution in [3.63, 3.8) is 0 Å². The molecule has 0 spiro atoms. The SMILES string of the molecule is COc1ccc(F)c(C(=O)N2C3CCC2CN(Cc2c(-c4ccc(Cl)cn4)nc4ccccn24)CC3)n1. The third-order valence-corrected chi connectivity index (χ3v) is 7.53. The van der Waals surface area contributed by atoms with E-state index in [4.69, 9.17) is 21.3 Å². The van der Waals surface area contributed by atoms with Gasteiger partial charge in [0.05, 0.1) is 23.5 Å². The minimum atomic E-state index is -0.628. The van der Waals surface area contributed by atoms with Crippen LogP contribution in [0.5, 0.6) is 5.88 Å². The highest BCUT2D eigenvalue weighted by molar-refractivity contribution is 6.30. The number of pyridine rings is 3. The van der Waals surface area contributed by atoms with Crippen LogP contribution in [0.1, 0.15) is 35.4 Å². The lowest BCUT2D eigenvalue weighted by molar-refractivity contribution is 0.0657. The van der Waals surface area contributed by atoms with Crippen LogP contribution < -0.4 is 4.74 Å². The van der Waals surface area contributed by atoms with Crippen molar-refractivity contribution in [2.24, 2.45) is 0 Å². The van der Waals surface area contributed by atoms with Crippen LogP contribution in [0.25, 0.3) is 17.0 Å². The van der Waals surface area contributed by atoms with Crippen molar-refractivity contribution in [2.75, 3.05) is 20.2 Å². The zero-order valence-corrected chi connectivity index (χ0v) is 21.1. The van der Waals surface area contributed by atoms with E-state index < -0.39 is 5.82 Å². The summed E-state index contributed by atoms with van der Waals surface area (Å²) in [7, 11) is 1.45. The van der Waals surface area contributed by atoms with E-state index in [9.17, 15) is 9.18 Å². The normalized spacial score (nSPS) is 19.8. The van der Waals surface area contributed by atoms with E-state index in [0.29, 0.717) is 18.1 Å². The molecule has 8 nitrogen and oxygen atoms in total. The molecular weight excluding hydrogens is 495 g/mol. The molecule has 2 aliphatic heterocycles. The van der Waals surface area contributed by atoms with E-state index in [-0.39, 0.29) is 29.6 Å². The summed E-state index contributed by atoms with van der Waals surface area (Å²) in [6.45, 7) is 2.13. The molecule has 2 atom stereocenters. The van der Waals surface area contributed by atoms with Crippen molar-refractivity contribution < 1.29 is 13.9 Å². The van der Waals surface area contributed by atoms with Gasteiger partial charge in [-0.15, -0.1) is 0 Å². The summed E-state index contributed by atoms with van der Waals surface area (Å²) < 4.78 is 21.8. The van der Waals surface area contributed by atoms with Crippen molar-refractivity contribution in [1.82, 2.24) is 29.2 Å². The van der Waals surface area contributed by atoms with Gasteiger partial charge in [0.25, 0.3) is 5.91 Å². The molecule has 37 heavy (non-hydrogen) atoms. The first-order valence-electron chi connectivity index (χ1n) is 12.4. The largest absolute Gasteiger partial charge is 0.481 e. The van der Waals surface area contributed by atoms with Crippen LogP contribution in [0.2, 0.25) is 5.02 Å². The Morgan fingerprint density at radius 1 is 1.11 bits per heavy atom. The molecule has 190 valence electrons. The van der Waals surface area contributed by atoms with Gasteiger partial charge >= 0.3 is 0 Å². The second-order valence-corrected chi connectivity index (χ2v) is 9.94. The van der Waals surface area contributed by atoms with Crippen LogP contribution >= 0.6 is 11.6 Å². The van der Waals surface area contributed by atoms with Gasteiger partial charge in [0, 0.05) is 50.2 Å². The number of hydrogen-bond donors (Lipinski definition) is 0. The van der Waals surface area contributed by atoms with Gasteiger partial charge in [-0.25, -0.2) is 14.4 Å². The zero-order chi connectivity index (χ0) is 25.5. The fourth-order valence-corrected chi connectivity index (χ4v) is 5.67. The van der Waals surface area contributed by atoms with Crippen LogP contribution in [0.15, 0.2) is 54.9 Å². The minimum Gasteiger partial charge on any atom is -0.481 e. The number of amides is 1. The molecule has 6 heterocycles. The first kappa shape index (κ1) is 23.8. The van der Waals surface area contributed by atoms with Gasteiger partial charge < -0.3 is 14.0 Å². The van der Waals surface area contributed by atoms with E-state index in [0.717, 1.165) is 48.5 Å². The molecule has 2 aliphatic rings. The highest BCUT2D eigenvalue weighted by Crippen LogP contribution is 2.34. The van der Waals surface area contributed by atoms with E-state index >= 15 is 0 Å². The van der Waals surface area contributed by atoms with Crippen molar-refractivity contribution in [1.29, 1.82) is 0 Å². The molecule has 10 heteroatoms. The van der Waals surface area contributed by atoms with Crippen LogP contribution in [-0.4, -0.2) is 67.3 Å². The molecule has 6 rings (SSSR count). The van der Waals surface area contributed by atoms with E-state index in [1.165, 1.54) is 19.2 Å². The molecular formula is C27H26ClFN6O2. The first-order chi connectivity index (χ1) is 18.0. The molecule has 2 bridgehead atoms. The first-order valence-corrected chi connectivity index (χ1v) is 12.7. The van der Waals surface area contributed by atoms with Crippen molar-refractivity contribution in [3.8, 4) is 17.3 Å². The molecule has 0 radical (unpaired) electrons. The molecule has 0 N–H and O–H groups in total. The number of likely N-dealkylation sites (tertiary alicyclic amines) is 1. The fraction of sp³-hybridized carbons (Fsp3) is 0.333. The second-order valence-electron chi connectivity index (χ2n) is 9.50. The molecule has 0 aliphatic carbocycles. The Kier molecular flexibility index (Phi) is 6.26. The number of ether oxygens (including phenoxy) is 1. The quantitative estimate of drug-likeness (QED) is 0.386. The molecule has 2 saturated heterocycles. The third kappa shape index (κ3) is 4.42. The van der Waals surface area contributed by atoms with Crippen molar-refractivity contribution >= 4 is 23.2 Å². The lowest BCUT2D eigenvalue weighted by Crippen LogP contribution is -2.43. The summed E-state index contributed by atoms with van der Waals surface area (Å²) in [5.41, 5.74) is 3.27. The smallest absolute Gasteiger partial charge is 0.276 e. The summed E-state index contributed by atoms with van der Waals surface area (Å²) in [4.78, 5) is 31.2. The van der Waals surface area contributed by atoms with Crippen LogP contribution in [0, 0.1) is 5.82 Å². The summed E-state index contributed by atoms with van der Waals surface area (Å²) >= 11 is 6.07. The second kappa shape index (κ2) is 9.72. The Labute approximate surface area is 218 Å². The van der Waals surface area contributed by atoms with E-state index in [2.05, 4.69) is 19.3 Å². The van der Waals surface area contributed by atoms with Gasteiger partial charge in [-0.3, -0.25) is 14.7 Å². The van der Waals surface area contributed by atoms with Gasteiger partial charge in [0.2, 0.25) is 5.88 Å². The maximum absolute atomic E-state index is 14.6. The minimum absolute atomic E-state index is 0.0244. The number of imidazole rings is 1. The molecule has 0 saturated carbocycles. The number of aromatic nitrogens is 4. The number of methoxy groups -OCH3 is 1. The topological polar surface area (TPSA) is 75.9 Å². The zero-order valence-electron chi connectivity index (χ0n) is 20.3. The number of halogens is 2. The Bertz CT molecular complexity index is 1460. The average molecular weight is 521 g/mol. The highest BCUT2D eigenvalue weighted by atomic mass is 35.5. The summed E-state index contributed by atoms with van der Waals surface area (Å²) in [6, 6.07) is 12.3. The predicted molar refractivity (Wildman–Crippen MR) is 137 cm³/mol. The van der Waals surface area contributed by atoms with Crippen molar-refractivity contribution in [3.05, 3.63) is 77.1 Å². The summed E-state index contributed by atoms with van der Waals surface area (Å²) in [5, 5.41) is 0.573. The maximum atomic E-state index is 14.6. The Hall–Kier alpha value is -3.56. The number of fused-ring (bicyclic) bond motifs is 3. The number of carbonyl (C=O) groups is 1. The number of carbonyl (C=O) groups excluding carboxylic acids is 1. The third-order valence-electron chi connectivity index (χ3n) is 7.31. The molecule has 1 amide bonds. The van der Waals surface area contributed by atoms with Crippen LogP contribution in [-0.2, 0) is 6.54 Å². The molecule has 4 aromatic heterocycles. The average Bonchev–Trinajstić information content (AvgIpc) is 3.42. The molecule has 2 unspecified atom stereocenters. The Morgan fingerprint density at radius 3 is 2.78 bits per heavy atom. The summed E-state index contributed by atoms with van der Waals surface area (Å²) in [5.74, 6) is -0.770. The monoisotopic (exact) mass is 520 g/mol. The van der Waals surface area contributed by atoms with E-state index in [1.807, 2.05) is 41.4 Å². The molecule has 4 aromatic rings. The number of nitrogens with zero attached hydrogens (tertiary/aromatic N) is 6. The number of hydrogen-bond acceptors (Lipinski definition) is 6. The van der Waals surface area contributed by atoms with Crippen LogP contribution in [0.3, 0.4) is 0 Å². The highest BCUT2D eigenvalue weighted by Gasteiger charge is 2.41. The summed E-state index contributed by atoms with van der Waals surface area (Å²) in [6.07, 6.45) is 6.22. The van der Waals surface area contributed by atoms with Gasteiger partial charge in [-0.2, -0.15) is 0 Å². The van der Waals surface area contributed by atoms with Crippen LogP contribution in [0.4, 0.5) is 4.39 Å². The van der Waals surface area contributed by atoms with Crippen molar-refractivity contribution in [2.45, 2.75) is 37.9 Å². The number of rotatable bonds is 5. The molecule has 2 fully saturated rings. The maximum Gasteiger partial charge on any atom is 0.276 e. The van der Waals surface area contributed by atoms with Gasteiger partial charge in [0.15, 0.2) is 11.5 Å². The fourth-order valence-electron chi connectivity index (χ4n) is 5.56. The predicted octanol–water partition coefficient (Wildman–Crippen LogP) is 4.47. The lowest BCUT2D eigenvalue weighted by atomic mass is 10.1. The van der Waals surface area contributed by atoms with Gasteiger partial charge in [0.1, 0.15) is 11.3 Å². The van der Waals surface area contributed by atoms with Gasteiger partial charge in [-0.1, -0.05) is 17.7 Å². The Balaban J connectivity index is 1.29.